The van der Waals surface area contributed by atoms with E-state index in [1.807, 2.05) is 11.0 Å². The van der Waals surface area contributed by atoms with Crippen molar-refractivity contribution < 1.29 is 19.4 Å². The maximum atomic E-state index is 12.4. The van der Waals surface area contributed by atoms with E-state index in [4.69, 9.17) is 4.74 Å². The van der Waals surface area contributed by atoms with Gasteiger partial charge >= 0.3 is 0 Å². The van der Waals surface area contributed by atoms with Crippen molar-refractivity contribution in [2.45, 2.75) is 51.0 Å². The fraction of sp³-hybridized carbons (Fsp3) is 0.619. The van der Waals surface area contributed by atoms with Crippen molar-refractivity contribution in [3.8, 4) is 5.75 Å². The van der Waals surface area contributed by atoms with E-state index in [0.717, 1.165) is 57.4 Å². The molecule has 1 aromatic rings. The monoisotopic (exact) mass is 374 g/mol. The van der Waals surface area contributed by atoms with Crippen LogP contribution in [0.3, 0.4) is 0 Å². The molecule has 0 bridgehead atoms. The Morgan fingerprint density at radius 3 is 2.74 bits per heavy atom. The molecule has 0 unspecified atom stereocenters. The Hall–Kier alpha value is -2.08. The van der Waals surface area contributed by atoms with Gasteiger partial charge in [0.05, 0.1) is 12.5 Å². The molecule has 148 valence electrons. The van der Waals surface area contributed by atoms with Gasteiger partial charge in [0.15, 0.2) is 0 Å². The fourth-order valence-electron chi connectivity index (χ4n) is 3.88. The van der Waals surface area contributed by atoms with Crippen LogP contribution >= 0.6 is 0 Å². The molecule has 3 rings (SSSR count). The summed E-state index contributed by atoms with van der Waals surface area (Å²) in [7, 11) is 0. The Balaban J connectivity index is 1.32. The molecule has 0 saturated carbocycles. The van der Waals surface area contributed by atoms with Gasteiger partial charge < -0.3 is 20.1 Å². The lowest BCUT2D eigenvalue weighted by molar-refractivity contribution is -0.132. The molecule has 6 nitrogen and oxygen atoms in total. The average Bonchev–Trinajstić information content (AvgIpc) is 3.19. The number of aromatic hydroxyl groups is 1. The molecule has 2 fully saturated rings. The number of benzene rings is 1. The van der Waals surface area contributed by atoms with Gasteiger partial charge in [0.2, 0.25) is 11.8 Å². The molecule has 1 atom stereocenters. The molecule has 1 aromatic carbocycles. The van der Waals surface area contributed by atoms with Gasteiger partial charge in [-0.1, -0.05) is 12.1 Å². The Bertz CT molecular complexity index is 635. The average molecular weight is 374 g/mol. The van der Waals surface area contributed by atoms with Gasteiger partial charge in [-0.25, -0.2) is 0 Å². The zero-order chi connectivity index (χ0) is 19.1. The van der Waals surface area contributed by atoms with Gasteiger partial charge in [0, 0.05) is 32.7 Å². The summed E-state index contributed by atoms with van der Waals surface area (Å²) in [6.45, 7) is 2.93. The molecule has 2 heterocycles. The molecule has 0 spiro atoms. The number of carbonyl (C=O) groups excluding carboxylic acids is 2. The zero-order valence-corrected chi connectivity index (χ0v) is 15.9. The van der Waals surface area contributed by atoms with Gasteiger partial charge in [-0.3, -0.25) is 9.59 Å². The molecule has 2 aliphatic rings. The van der Waals surface area contributed by atoms with Gasteiger partial charge in [0.25, 0.3) is 0 Å². The van der Waals surface area contributed by atoms with Crippen LogP contribution in [-0.2, 0) is 20.7 Å². The predicted molar refractivity (Wildman–Crippen MR) is 102 cm³/mol. The minimum Gasteiger partial charge on any atom is -0.508 e. The highest BCUT2D eigenvalue weighted by atomic mass is 16.5. The lowest BCUT2D eigenvalue weighted by Crippen LogP contribution is -2.39. The highest BCUT2D eigenvalue weighted by Crippen LogP contribution is 2.23. The zero-order valence-electron chi connectivity index (χ0n) is 15.9. The molecule has 2 N–H and O–H groups in total. The second-order valence-electron chi connectivity index (χ2n) is 7.65. The summed E-state index contributed by atoms with van der Waals surface area (Å²) in [6.07, 6.45) is 5.97. The number of phenolic OH excluding ortho intramolecular Hbond substituents is 1. The van der Waals surface area contributed by atoms with E-state index in [-0.39, 0.29) is 23.7 Å². The van der Waals surface area contributed by atoms with Crippen LogP contribution in [-0.4, -0.2) is 54.2 Å². The van der Waals surface area contributed by atoms with Gasteiger partial charge in [0.1, 0.15) is 5.75 Å². The highest BCUT2D eigenvalue weighted by molar-refractivity contribution is 5.79. The van der Waals surface area contributed by atoms with Crippen LogP contribution < -0.4 is 5.32 Å². The summed E-state index contributed by atoms with van der Waals surface area (Å²) in [5.41, 5.74) is 0.838. The molecule has 6 heteroatoms. The van der Waals surface area contributed by atoms with E-state index in [0.29, 0.717) is 25.3 Å². The van der Waals surface area contributed by atoms with E-state index in [1.165, 1.54) is 0 Å². The quantitative estimate of drug-likeness (QED) is 0.767. The molecule has 2 amide bonds. The lowest BCUT2D eigenvalue weighted by Gasteiger charge is -2.32. The molecule has 0 radical (unpaired) electrons. The number of amides is 2. The minimum atomic E-state index is 0.105. The fourth-order valence-corrected chi connectivity index (χ4v) is 3.88. The summed E-state index contributed by atoms with van der Waals surface area (Å²) in [5, 5.41) is 12.5. The second kappa shape index (κ2) is 9.74. The smallest absolute Gasteiger partial charge is 0.226 e. The summed E-state index contributed by atoms with van der Waals surface area (Å²) < 4.78 is 5.52. The number of phenols is 1. The summed E-state index contributed by atoms with van der Waals surface area (Å²) in [5.74, 6) is 0.904. The molecule has 0 aliphatic carbocycles. The maximum Gasteiger partial charge on any atom is 0.226 e. The first-order valence-corrected chi connectivity index (χ1v) is 10.0. The summed E-state index contributed by atoms with van der Waals surface area (Å²) in [6, 6.07) is 6.87. The number of hydrogen-bond acceptors (Lipinski definition) is 4. The molecule has 2 aliphatic heterocycles. The SMILES string of the molecule is O=C(CCC1CCN(C(=O)Cc2cccc(O)c2)CC1)NC[C@H]1CCCO1. The number of carbonyl (C=O) groups is 2. The number of nitrogens with zero attached hydrogens (tertiary/aromatic N) is 1. The van der Waals surface area contributed by atoms with Crippen LogP contribution in [0.4, 0.5) is 0 Å². The molecule has 0 aromatic heterocycles. The van der Waals surface area contributed by atoms with Crippen LogP contribution in [0.2, 0.25) is 0 Å². The van der Waals surface area contributed by atoms with Crippen LogP contribution in [0.5, 0.6) is 5.75 Å². The van der Waals surface area contributed by atoms with E-state index in [1.54, 1.807) is 18.2 Å². The van der Waals surface area contributed by atoms with E-state index in [9.17, 15) is 14.7 Å². The standard InChI is InChI=1S/C21H30N2O4/c24-18-4-1-3-17(13-18)14-21(26)23-10-8-16(9-11-23)6-7-20(25)22-15-19-5-2-12-27-19/h1,3-4,13,16,19,24H,2,5-12,14-15H2,(H,22,25)/t19-/m1/s1. The predicted octanol–water partition coefficient (Wildman–Crippen LogP) is 2.25. The van der Waals surface area contributed by atoms with Gasteiger partial charge in [-0.2, -0.15) is 0 Å². The third kappa shape index (κ3) is 6.24. The Kier molecular flexibility index (Phi) is 7.10. The first-order valence-electron chi connectivity index (χ1n) is 10.0. The van der Waals surface area contributed by atoms with Crippen molar-refractivity contribution in [1.29, 1.82) is 0 Å². The minimum absolute atomic E-state index is 0.105. The second-order valence-corrected chi connectivity index (χ2v) is 7.65. The van der Waals surface area contributed by atoms with E-state index >= 15 is 0 Å². The molecule has 27 heavy (non-hydrogen) atoms. The number of rotatable bonds is 7. The van der Waals surface area contributed by atoms with Gasteiger partial charge in [-0.05, 0) is 55.7 Å². The topological polar surface area (TPSA) is 78.9 Å². The molecular formula is C21H30N2O4. The number of hydrogen-bond donors (Lipinski definition) is 2. The highest BCUT2D eigenvalue weighted by Gasteiger charge is 2.23. The number of nitrogens with one attached hydrogen (secondary N) is 1. The van der Waals surface area contributed by atoms with E-state index < -0.39 is 0 Å². The maximum absolute atomic E-state index is 12.4. The van der Waals surface area contributed by atoms with Crippen molar-refractivity contribution in [2.24, 2.45) is 5.92 Å². The number of likely N-dealkylation sites (tertiary alicyclic amines) is 1. The van der Waals surface area contributed by atoms with Crippen LogP contribution in [0.15, 0.2) is 24.3 Å². The van der Waals surface area contributed by atoms with Crippen molar-refractivity contribution in [2.75, 3.05) is 26.2 Å². The third-order valence-electron chi connectivity index (χ3n) is 5.56. The lowest BCUT2D eigenvalue weighted by atomic mass is 9.91. The largest absolute Gasteiger partial charge is 0.508 e. The first kappa shape index (κ1) is 19.7. The Labute approximate surface area is 160 Å². The molecular weight excluding hydrogens is 344 g/mol. The van der Waals surface area contributed by atoms with Crippen molar-refractivity contribution >= 4 is 11.8 Å². The Morgan fingerprint density at radius 1 is 1.22 bits per heavy atom. The molecule has 2 saturated heterocycles. The normalized spacial score (nSPS) is 20.6. The third-order valence-corrected chi connectivity index (χ3v) is 5.56. The van der Waals surface area contributed by atoms with Crippen LogP contribution in [0.1, 0.15) is 44.1 Å². The number of ether oxygens (including phenoxy) is 1. The number of piperidine rings is 1. The van der Waals surface area contributed by atoms with Crippen molar-refractivity contribution in [3.63, 3.8) is 0 Å². The van der Waals surface area contributed by atoms with Crippen LogP contribution in [0.25, 0.3) is 0 Å². The van der Waals surface area contributed by atoms with Gasteiger partial charge in [-0.15, -0.1) is 0 Å². The van der Waals surface area contributed by atoms with E-state index in [2.05, 4.69) is 5.32 Å². The van der Waals surface area contributed by atoms with Crippen LogP contribution in [0, 0.1) is 5.92 Å². The summed E-state index contributed by atoms with van der Waals surface area (Å²) >= 11 is 0. The Morgan fingerprint density at radius 2 is 2.04 bits per heavy atom. The van der Waals surface area contributed by atoms with Crippen molar-refractivity contribution in [1.82, 2.24) is 10.2 Å². The first-order chi connectivity index (χ1) is 13.1. The van der Waals surface area contributed by atoms with Crippen molar-refractivity contribution in [3.05, 3.63) is 29.8 Å². The summed E-state index contributed by atoms with van der Waals surface area (Å²) in [4.78, 5) is 26.3.